The first kappa shape index (κ1) is 12.7. The minimum Gasteiger partial charge on any atom is -0.350 e. The van der Waals surface area contributed by atoms with Crippen LogP contribution in [-0.4, -0.2) is 31.7 Å². The minimum atomic E-state index is -0.436. The van der Waals surface area contributed by atoms with E-state index in [0.717, 1.165) is 0 Å². The van der Waals surface area contributed by atoms with Crippen LogP contribution in [0, 0.1) is 0 Å². The summed E-state index contributed by atoms with van der Waals surface area (Å²) in [6, 6.07) is -0.268. The van der Waals surface area contributed by atoms with Crippen molar-refractivity contribution in [3.8, 4) is 0 Å². The monoisotopic (exact) mass is 226 g/mol. The summed E-state index contributed by atoms with van der Waals surface area (Å²) in [6.45, 7) is 4.73. The number of nitrogens with one attached hydrogen (secondary N) is 2. The van der Waals surface area contributed by atoms with Crippen molar-refractivity contribution < 1.29 is 14.3 Å². The van der Waals surface area contributed by atoms with Gasteiger partial charge in [0.05, 0.1) is 13.2 Å². The highest BCUT2D eigenvalue weighted by molar-refractivity contribution is 5.76. The summed E-state index contributed by atoms with van der Waals surface area (Å²) in [5.41, 5.74) is 0. The van der Waals surface area contributed by atoms with Crippen molar-refractivity contribution in [1.29, 1.82) is 0 Å². The van der Waals surface area contributed by atoms with Gasteiger partial charge in [-0.25, -0.2) is 4.79 Å². The molecule has 0 aromatic carbocycles. The summed E-state index contributed by atoms with van der Waals surface area (Å²) < 4.78 is 10.9. The fraction of sp³-hybridized carbons (Fsp3) is 0.545. The maximum absolute atomic E-state index is 11.1. The molecule has 16 heavy (non-hydrogen) atoms. The molecule has 0 aromatic rings. The number of urea groups is 1. The van der Waals surface area contributed by atoms with E-state index in [-0.39, 0.29) is 6.03 Å². The molecule has 1 saturated heterocycles. The maximum Gasteiger partial charge on any atom is 0.319 e. The second-order valence-corrected chi connectivity index (χ2v) is 3.26. The Morgan fingerprint density at radius 2 is 1.50 bits per heavy atom. The Labute approximate surface area is 95.5 Å². The van der Waals surface area contributed by atoms with E-state index in [1.54, 1.807) is 0 Å². The molecule has 0 radical (unpaired) electrons. The lowest BCUT2D eigenvalue weighted by atomic mass is 10.5. The van der Waals surface area contributed by atoms with Gasteiger partial charge in [-0.1, -0.05) is 24.3 Å². The quantitative estimate of drug-likeness (QED) is 0.668. The number of hydrogen-bond acceptors (Lipinski definition) is 3. The molecule has 0 spiro atoms. The standard InChI is InChI=1S/C11H18N2O3/c1-3-5-7-15-9-10(13-11(14)12-9)16-8-6-4-2/h3-6,9-10H,7-8H2,1-2H3,(H2,12,13,14)/b5-3+,6-4+/t9-,10+. The summed E-state index contributed by atoms with van der Waals surface area (Å²) in [6.07, 6.45) is 6.64. The Balaban J connectivity index is 2.36. The molecule has 0 aliphatic carbocycles. The molecule has 1 fully saturated rings. The van der Waals surface area contributed by atoms with Crippen molar-refractivity contribution in [3.05, 3.63) is 24.3 Å². The fourth-order valence-electron chi connectivity index (χ4n) is 1.22. The number of amides is 2. The third-order valence-electron chi connectivity index (χ3n) is 2.04. The van der Waals surface area contributed by atoms with E-state index in [9.17, 15) is 4.79 Å². The number of allylic oxidation sites excluding steroid dienone is 2. The number of ether oxygens (including phenoxy) is 2. The number of hydrogen-bond donors (Lipinski definition) is 2. The van der Waals surface area contributed by atoms with Crippen molar-refractivity contribution in [2.24, 2.45) is 0 Å². The lowest BCUT2D eigenvalue weighted by Crippen LogP contribution is -2.38. The predicted octanol–water partition coefficient (Wildman–Crippen LogP) is 1.14. The van der Waals surface area contributed by atoms with Crippen LogP contribution in [0.4, 0.5) is 4.79 Å². The Morgan fingerprint density at radius 1 is 1.06 bits per heavy atom. The van der Waals surface area contributed by atoms with E-state index < -0.39 is 12.5 Å². The third kappa shape index (κ3) is 4.04. The van der Waals surface area contributed by atoms with Gasteiger partial charge >= 0.3 is 6.03 Å². The van der Waals surface area contributed by atoms with Gasteiger partial charge in [-0.15, -0.1) is 0 Å². The summed E-state index contributed by atoms with van der Waals surface area (Å²) >= 11 is 0. The van der Waals surface area contributed by atoms with Crippen LogP contribution in [0.3, 0.4) is 0 Å². The molecule has 5 nitrogen and oxygen atoms in total. The molecule has 5 heteroatoms. The Kier molecular flexibility index (Phi) is 5.60. The Hall–Kier alpha value is -1.33. The first-order valence-corrected chi connectivity index (χ1v) is 5.30. The Bertz CT molecular complexity index is 250. The van der Waals surface area contributed by atoms with Crippen LogP contribution in [-0.2, 0) is 9.47 Å². The van der Waals surface area contributed by atoms with Crippen LogP contribution < -0.4 is 10.6 Å². The van der Waals surface area contributed by atoms with E-state index >= 15 is 0 Å². The second-order valence-electron chi connectivity index (χ2n) is 3.26. The molecule has 1 aliphatic rings. The summed E-state index contributed by atoms with van der Waals surface area (Å²) in [5, 5.41) is 5.27. The van der Waals surface area contributed by atoms with Gasteiger partial charge in [0.25, 0.3) is 0 Å². The van der Waals surface area contributed by atoms with Crippen molar-refractivity contribution in [3.63, 3.8) is 0 Å². The second kappa shape index (κ2) is 7.03. The average Bonchev–Trinajstić information content (AvgIpc) is 2.60. The molecule has 1 heterocycles. The molecule has 2 amide bonds. The van der Waals surface area contributed by atoms with E-state index in [0.29, 0.717) is 13.2 Å². The zero-order valence-electron chi connectivity index (χ0n) is 9.60. The van der Waals surface area contributed by atoms with Crippen LogP contribution in [0.1, 0.15) is 13.8 Å². The summed E-state index contributed by atoms with van der Waals surface area (Å²) in [7, 11) is 0. The van der Waals surface area contributed by atoms with Crippen LogP contribution in [0.5, 0.6) is 0 Å². The zero-order valence-corrected chi connectivity index (χ0v) is 9.60. The molecule has 0 aromatic heterocycles. The average molecular weight is 226 g/mol. The minimum absolute atomic E-state index is 0.268. The van der Waals surface area contributed by atoms with Crippen molar-refractivity contribution in [1.82, 2.24) is 10.6 Å². The molecule has 0 bridgehead atoms. The number of carbonyl (C=O) groups excluding carboxylic acids is 1. The lowest BCUT2D eigenvalue weighted by Gasteiger charge is -2.17. The van der Waals surface area contributed by atoms with Gasteiger partial charge in [-0.3, -0.25) is 0 Å². The molecule has 0 unspecified atom stereocenters. The van der Waals surface area contributed by atoms with Crippen LogP contribution in [0.25, 0.3) is 0 Å². The molecular formula is C11H18N2O3. The molecule has 1 aliphatic heterocycles. The summed E-state index contributed by atoms with van der Waals surface area (Å²) in [5.74, 6) is 0. The SMILES string of the molecule is C/C=C/CO[C@H]1NC(=O)N[C@H]1OC/C=C/C. The largest absolute Gasteiger partial charge is 0.350 e. The Morgan fingerprint density at radius 3 is 1.88 bits per heavy atom. The topological polar surface area (TPSA) is 59.6 Å². The normalized spacial score (nSPS) is 25.2. The highest BCUT2D eigenvalue weighted by Crippen LogP contribution is 2.05. The predicted molar refractivity (Wildman–Crippen MR) is 60.8 cm³/mol. The van der Waals surface area contributed by atoms with Gasteiger partial charge in [-0.2, -0.15) is 0 Å². The van der Waals surface area contributed by atoms with Gasteiger partial charge in [0.2, 0.25) is 0 Å². The molecular weight excluding hydrogens is 208 g/mol. The molecule has 2 N–H and O–H groups in total. The highest BCUT2D eigenvalue weighted by Gasteiger charge is 2.32. The molecule has 2 atom stereocenters. The summed E-state index contributed by atoms with van der Waals surface area (Å²) in [4.78, 5) is 11.1. The first-order valence-electron chi connectivity index (χ1n) is 5.30. The first-order chi connectivity index (χ1) is 7.77. The van der Waals surface area contributed by atoms with Gasteiger partial charge in [-0.05, 0) is 13.8 Å². The molecule has 0 saturated carbocycles. The molecule has 1 rings (SSSR count). The van der Waals surface area contributed by atoms with E-state index in [2.05, 4.69) is 10.6 Å². The van der Waals surface area contributed by atoms with Crippen LogP contribution in [0.2, 0.25) is 0 Å². The van der Waals surface area contributed by atoms with Crippen molar-refractivity contribution in [2.45, 2.75) is 26.3 Å². The van der Waals surface area contributed by atoms with Crippen molar-refractivity contribution >= 4 is 6.03 Å². The van der Waals surface area contributed by atoms with E-state index in [1.165, 1.54) is 0 Å². The fourth-order valence-corrected chi connectivity index (χ4v) is 1.22. The number of rotatable bonds is 6. The van der Waals surface area contributed by atoms with Crippen LogP contribution >= 0.6 is 0 Å². The van der Waals surface area contributed by atoms with E-state index in [4.69, 9.17) is 9.47 Å². The highest BCUT2D eigenvalue weighted by atomic mass is 16.6. The maximum atomic E-state index is 11.1. The zero-order chi connectivity index (χ0) is 11.8. The van der Waals surface area contributed by atoms with Gasteiger partial charge < -0.3 is 20.1 Å². The smallest absolute Gasteiger partial charge is 0.319 e. The van der Waals surface area contributed by atoms with Crippen LogP contribution in [0.15, 0.2) is 24.3 Å². The number of carbonyl (C=O) groups is 1. The lowest BCUT2D eigenvalue weighted by molar-refractivity contribution is -0.0571. The molecule has 90 valence electrons. The third-order valence-corrected chi connectivity index (χ3v) is 2.04. The van der Waals surface area contributed by atoms with E-state index in [1.807, 2.05) is 38.2 Å². The van der Waals surface area contributed by atoms with Crippen molar-refractivity contribution in [2.75, 3.05) is 13.2 Å². The van der Waals surface area contributed by atoms with Gasteiger partial charge in [0.15, 0.2) is 12.5 Å². The van der Waals surface area contributed by atoms with Gasteiger partial charge in [0, 0.05) is 0 Å². The van der Waals surface area contributed by atoms with Gasteiger partial charge in [0.1, 0.15) is 0 Å².